The zero-order valence-electron chi connectivity index (χ0n) is 10.1. The van der Waals surface area contributed by atoms with Crippen LogP contribution in [0.2, 0.25) is 0 Å². The fraction of sp³-hybridized carbons (Fsp3) is 0.571. The van der Waals surface area contributed by atoms with Crippen LogP contribution in [-0.2, 0) is 0 Å². The molecular formula is C14H19NO2. The van der Waals surface area contributed by atoms with Crippen molar-refractivity contribution in [3.05, 3.63) is 24.0 Å². The monoisotopic (exact) mass is 233 g/mol. The smallest absolute Gasteiger partial charge is 0.168 e. The van der Waals surface area contributed by atoms with Crippen molar-refractivity contribution in [2.24, 2.45) is 5.92 Å². The van der Waals surface area contributed by atoms with Crippen LogP contribution in [0.1, 0.15) is 49.0 Å². The highest BCUT2D eigenvalue weighted by Gasteiger charge is 2.12. The van der Waals surface area contributed by atoms with Gasteiger partial charge in [-0.05, 0) is 24.5 Å². The van der Waals surface area contributed by atoms with Gasteiger partial charge in [-0.25, -0.2) is 4.98 Å². The number of carbonyl (C=O) groups excluding carboxylic acids is 1. The van der Waals surface area contributed by atoms with Crippen molar-refractivity contribution in [1.29, 1.82) is 0 Å². The molecule has 1 aromatic rings. The molecule has 3 heteroatoms. The molecule has 0 bridgehead atoms. The average Bonchev–Trinajstić information content (AvgIpc) is 2.41. The van der Waals surface area contributed by atoms with Crippen molar-refractivity contribution in [3.63, 3.8) is 0 Å². The summed E-state index contributed by atoms with van der Waals surface area (Å²) < 4.78 is 5.63. The van der Waals surface area contributed by atoms with Crippen molar-refractivity contribution in [2.45, 2.75) is 38.5 Å². The van der Waals surface area contributed by atoms with Crippen LogP contribution in [0.3, 0.4) is 0 Å². The lowest BCUT2D eigenvalue weighted by Crippen LogP contribution is -2.10. The second-order valence-corrected chi connectivity index (χ2v) is 4.68. The molecule has 1 heterocycles. The van der Waals surface area contributed by atoms with Gasteiger partial charge in [-0.1, -0.05) is 32.1 Å². The van der Waals surface area contributed by atoms with Crippen LogP contribution in [0.25, 0.3) is 0 Å². The SMILES string of the molecule is O=Cc1ccc(OCCC2CCCCC2)cn1. The van der Waals surface area contributed by atoms with E-state index in [1.807, 2.05) is 0 Å². The first-order valence-corrected chi connectivity index (χ1v) is 6.42. The maximum atomic E-state index is 10.4. The maximum Gasteiger partial charge on any atom is 0.168 e. The Bertz CT molecular complexity index is 342. The van der Waals surface area contributed by atoms with E-state index in [-0.39, 0.29) is 0 Å². The molecule has 92 valence electrons. The Hall–Kier alpha value is -1.38. The highest BCUT2D eigenvalue weighted by atomic mass is 16.5. The lowest BCUT2D eigenvalue weighted by molar-refractivity contribution is 0.111. The van der Waals surface area contributed by atoms with Gasteiger partial charge in [0.25, 0.3) is 0 Å². The predicted octanol–water partition coefficient (Wildman–Crippen LogP) is 3.24. The quantitative estimate of drug-likeness (QED) is 0.733. The van der Waals surface area contributed by atoms with Crippen molar-refractivity contribution in [1.82, 2.24) is 4.98 Å². The number of hydrogen-bond acceptors (Lipinski definition) is 3. The number of rotatable bonds is 5. The molecule has 1 aliphatic rings. The lowest BCUT2D eigenvalue weighted by atomic mass is 9.87. The zero-order chi connectivity index (χ0) is 11.9. The molecule has 0 unspecified atom stereocenters. The Morgan fingerprint density at radius 2 is 2.12 bits per heavy atom. The molecule has 17 heavy (non-hydrogen) atoms. The molecule has 0 atom stereocenters. The minimum atomic E-state index is 0.449. The van der Waals surface area contributed by atoms with E-state index in [2.05, 4.69) is 4.98 Å². The number of pyridine rings is 1. The Morgan fingerprint density at radius 1 is 1.29 bits per heavy atom. The predicted molar refractivity (Wildman–Crippen MR) is 66.3 cm³/mol. The molecule has 1 fully saturated rings. The summed E-state index contributed by atoms with van der Waals surface area (Å²) in [6, 6.07) is 3.49. The van der Waals surface area contributed by atoms with Crippen LogP contribution < -0.4 is 4.74 Å². The zero-order valence-corrected chi connectivity index (χ0v) is 10.1. The standard InChI is InChI=1S/C14H19NO2/c16-11-13-6-7-14(10-15-13)17-9-8-12-4-2-1-3-5-12/h6-7,10-12H,1-5,8-9H2. The van der Waals surface area contributed by atoms with Crippen LogP contribution in [0.4, 0.5) is 0 Å². The fourth-order valence-corrected chi connectivity index (χ4v) is 2.37. The molecule has 1 aromatic heterocycles. The maximum absolute atomic E-state index is 10.4. The second-order valence-electron chi connectivity index (χ2n) is 4.68. The summed E-state index contributed by atoms with van der Waals surface area (Å²) >= 11 is 0. The van der Waals surface area contributed by atoms with Crippen LogP contribution in [0.5, 0.6) is 5.75 Å². The van der Waals surface area contributed by atoms with E-state index in [1.54, 1.807) is 18.3 Å². The van der Waals surface area contributed by atoms with E-state index in [9.17, 15) is 4.79 Å². The van der Waals surface area contributed by atoms with Crippen molar-refractivity contribution >= 4 is 6.29 Å². The number of aldehydes is 1. The molecule has 0 aliphatic heterocycles. The molecule has 1 aliphatic carbocycles. The summed E-state index contributed by atoms with van der Waals surface area (Å²) in [6.07, 6.45) is 10.3. The number of ether oxygens (including phenoxy) is 1. The minimum Gasteiger partial charge on any atom is -0.492 e. The van der Waals surface area contributed by atoms with Crippen molar-refractivity contribution in [3.8, 4) is 5.75 Å². The average molecular weight is 233 g/mol. The summed E-state index contributed by atoms with van der Waals surface area (Å²) in [7, 11) is 0. The fourth-order valence-electron chi connectivity index (χ4n) is 2.37. The third kappa shape index (κ3) is 3.84. The molecule has 0 aromatic carbocycles. The Morgan fingerprint density at radius 3 is 2.76 bits per heavy atom. The van der Waals surface area contributed by atoms with Crippen LogP contribution in [-0.4, -0.2) is 17.9 Å². The first kappa shape index (κ1) is 12.1. The van der Waals surface area contributed by atoms with E-state index in [1.165, 1.54) is 32.1 Å². The van der Waals surface area contributed by atoms with Crippen molar-refractivity contribution in [2.75, 3.05) is 6.61 Å². The van der Waals surface area contributed by atoms with E-state index in [4.69, 9.17) is 4.74 Å². The second kappa shape index (κ2) is 6.38. The van der Waals surface area contributed by atoms with E-state index in [0.29, 0.717) is 5.69 Å². The molecule has 0 amide bonds. The van der Waals surface area contributed by atoms with Gasteiger partial charge in [0, 0.05) is 0 Å². The molecule has 0 radical (unpaired) electrons. The van der Waals surface area contributed by atoms with Gasteiger partial charge >= 0.3 is 0 Å². The summed E-state index contributed by atoms with van der Waals surface area (Å²) in [6.45, 7) is 0.757. The van der Waals surface area contributed by atoms with Gasteiger partial charge in [-0.15, -0.1) is 0 Å². The number of aromatic nitrogens is 1. The normalized spacial score (nSPS) is 16.7. The third-order valence-electron chi connectivity index (χ3n) is 3.40. The van der Waals surface area contributed by atoms with Crippen molar-refractivity contribution < 1.29 is 9.53 Å². The Balaban J connectivity index is 1.71. The molecule has 0 N–H and O–H groups in total. The van der Waals surface area contributed by atoms with Gasteiger partial charge in [0.05, 0.1) is 12.8 Å². The molecule has 0 saturated heterocycles. The van der Waals surface area contributed by atoms with E-state index < -0.39 is 0 Å². The molecule has 2 rings (SSSR count). The molecular weight excluding hydrogens is 214 g/mol. The Kier molecular flexibility index (Phi) is 4.54. The molecule has 0 spiro atoms. The summed E-state index contributed by atoms with van der Waals surface area (Å²) in [5.74, 6) is 1.59. The molecule has 3 nitrogen and oxygen atoms in total. The number of carbonyl (C=O) groups is 1. The van der Waals surface area contributed by atoms with Gasteiger partial charge in [0.1, 0.15) is 11.4 Å². The topological polar surface area (TPSA) is 39.2 Å². The largest absolute Gasteiger partial charge is 0.492 e. The third-order valence-corrected chi connectivity index (χ3v) is 3.40. The minimum absolute atomic E-state index is 0.449. The van der Waals surface area contributed by atoms with Gasteiger partial charge in [0.15, 0.2) is 6.29 Å². The van der Waals surface area contributed by atoms with Crippen LogP contribution >= 0.6 is 0 Å². The number of nitrogens with zero attached hydrogens (tertiary/aromatic N) is 1. The summed E-state index contributed by atoms with van der Waals surface area (Å²) in [5.41, 5.74) is 0.449. The van der Waals surface area contributed by atoms with E-state index >= 15 is 0 Å². The van der Waals surface area contributed by atoms with Crippen LogP contribution in [0, 0.1) is 5.92 Å². The van der Waals surface area contributed by atoms with Gasteiger partial charge < -0.3 is 4.74 Å². The highest BCUT2D eigenvalue weighted by molar-refractivity contribution is 5.71. The lowest BCUT2D eigenvalue weighted by Gasteiger charge is -2.21. The van der Waals surface area contributed by atoms with Crippen LogP contribution in [0.15, 0.2) is 18.3 Å². The molecule has 1 saturated carbocycles. The Labute approximate surface area is 102 Å². The first-order valence-electron chi connectivity index (χ1n) is 6.42. The van der Waals surface area contributed by atoms with E-state index in [0.717, 1.165) is 31.0 Å². The number of hydrogen-bond donors (Lipinski definition) is 0. The summed E-state index contributed by atoms with van der Waals surface area (Å²) in [5, 5.41) is 0. The van der Waals surface area contributed by atoms with Gasteiger partial charge in [-0.3, -0.25) is 4.79 Å². The highest BCUT2D eigenvalue weighted by Crippen LogP contribution is 2.26. The van der Waals surface area contributed by atoms with Gasteiger partial charge in [0.2, 0.25) is 0 Å². The first-order chi connectivity index (χ1) is 8.38. The summed E-state index contributed by atoms with van der Waals surface area (Å²) in [4.78, 5) is 14.4. The van der Waals surface area contributed by atoms with Gasteiger partial charge in [-0.2, -0.15) is 0 Å².